The molecule has 2 aliphatic carbocycles. The number of carbonyl (C=O) groups is 1. The molecule has 1 unspecified atom stereocenters. The monoisotopic (exact) mass is 292 g/mol. The van der Waals surface area contributed by atoms with Crippen LogP contribution >= 0.6 is 0 Å². The molecule has 0 amide bonds. The summed E-state index contributed by atoms with van der Waals surface area (Å²) in [6.07, 6.45) is 8.29. The van der Waals surface area contributed by atoms with Gasteiger partial charge in [-0.1, -0.05) is 19.1 Å². The molecule has 3 atom stereocenters. The van der Waals surface area contributed by atoms with Crippen LogP contribution in [-0.4, -0.2) is 33.0 Å². The number of aliphatic hydroxyl groups is 2. The molecule has 0 heterocycles. The summed E-state index contributed by atoms with van der Waals surface area (Å²) in [5.41, 5.74) is -0.241. The fourth-order valence-electron chi connectivity index (χ4n) is 3.53. The molecule has 1 saturated carbocycles. The van der Waals surface area contributed by atoms with Gasteiger partial charge in [0.05, 0.1) is 6.10 Å². The highest BCUT2D eigenvalue weighted by molar-refractivity contribution is 5.81. The van der Waals surface area contributed by atoms with E-state index in [1.165, 1.54) is 0 Å². The molecule has 0 aromatic heterocycles. The highest BCUT2D eigenvalue weighted by Gasteiger charge is 2.57. The molecule has 4 nitrogen and oxygen atoms in total. The number of aliphatic hydroxyl groups excluding tert-OH is 1. The number of hydrogen-bond donors (Lipinski definition) is 3. The summed E-state index contributed by atoms with van der Waals surface area (Å²) < 4.78 is 0. The number of aliphatic carboxylic acids is 1. The molecule has 116 valence electrons. The number of carboxylic acids is 1. The van der Waals surface area contributed by atoms with Crippen molar-refractivity contribution in [1.29, 1.82) is 0 Å². The molecular weight excluding hydrogens is 268 g/mol. The average Bonchev–Trinajstić information content (AvgIpc) is 3.17. The Labute approximate surface area is 125 Å². The van der Waals surface area contributed by atoms with Gasteiger partial charge in [0.15, 0.2) is 0 Å². The minimum Gasteiger partial charge on any atom is -0.478 e. The second-order valence-corrected chi connectivity index (χ2v) is 6.64. The van der Waals surface area contributed by atoms with Crippen LogP contribution in [0.2, 0.25) is 0 Å². The van der Waals surface area contributed by atoms with E-state index in [9.17, 15) is 15.0 Å². The Morgan fingerprint density at radius 2 is 2.05 bits per heavy atom. The Bertz CT molecular complexity index is 527. The quantitative estimate of drug-likeness (QED) is 0.422. The van der Waals surface area contributed by atoms with Crippen molar-refractivity contribution >= 4 is 5.97 Å². The van der Waals surface area contributed by atoms with E-state index in [1.807, 2.05) is 13.8 Å². The predicted octanol–water partition coefficient (Wildman–Crippen LogP) is 2.43. The van der Waals surface area contributed by atoms with Gasteiger partial charge in [0.25, 0.3) is 0 Å². The van der Waals surface area contributed by atoms with Gasteiger partial charge >= 0.3 is 5.97 Å². The van der Waals surface area contributed by atoms with Gasteiger partial charge in [0, 0.05) is 11.5 Å². The Morgan fingerprint density at radius 3 is 2.57 bits per heavy atom. The Morgan fingerprint density at radius 1 is 1.43 bits per heavy atom. The molecular formula is C17H24O4. The molecule has 0 aromatic rings. The standard InChI is InChI=1S/C17H24O4/c1-11(8-15(19)20)6-7-17(21)12(2)9-14(18)10-16(17,3)13-4-5-13/h6-9,13-14,18,21H,4-5,10H2,1-3H3,(H,19,20)/b7-6+,11-8-/t14?,16-,17-/m1/s1. The van der Waals surface area contributed by atoms with E-state index >= 15 is 0 Å². The first-order valence-corrected chi connectivity index (χ1v) is 7.39. The topological polar surface area (TPSA) is 77.8 Å². The summed E-state index contributed by atoms with van der Waals surface area (Å²) in [5, 5.41) is 30.0. The third-order valence-electron chi connectivity index (χ3n) is 4.96. The fraction of sp³-hybridized carbons (Fsp3) is 0.588. The van der Waals surface area contributed by atoms with Gasteiger partial charge in [-0.05, 0) is 56.3 Å². The highest BCUT2D eigenvalue weighted by Crippen LogP contribution is 2.58. The summed E-state index contributed by atoms with van der Waals surface area (Å²) in [6, 6.07) is 0. The van der Waals surface area contributed by atoms with Crippen LogP contribution < -0.4 is 0 Å². The zero-order valence-corrected chi connectivity index (χ0v) is 12.8. The first-order valence-electron chi connectivity index (χ1n) is 7.39. The number of rotatable bonds is 4. The SMILES string of the molecule is CC1=CC(O)C[C@](C)(C2CC2)[C@@]1(O)/C=C/C(C)=C\C(=O)O. The summed E-state index contributed by atoms with van der Waals surface area (Å²) in [7, 11) is 0. The average molecular weight is 292 g/mol. The van der Waals surface area contributed by atoms with E-state index in [0.29, 0.717) is 17.9 Å². The molecule has 4 heteroatoms. The zero-order valence-electron chi connectivity index (χ0n) is 12.8. The molecule has 0 spiro atoms. The lowest BCUT2D eigenvalue weighted by atomic mass is 9.60. The van der Waals surface area contributed by atoms with Crippen molar-refractivity contribution in [2.75, 3.05) is 0 Å². The van der Waals surface area contributed by atoms with Crippen LogP contribution in [0.1, 0.15) is 40.0 Å². The smallest absolute Gasteiger partial charge is 0.328 e. The Kier molecular flexibility index (Phi) is 4.13. The van der Waals surface area contributed by atoms with Crippen molar-refractivity contribution in [3.8, 4) is 0 Å². The molecule has 2 rings (SSSR count). The first-order chi connectivity index (χ1) is 9.69. The molecule has 0 radical (unpaired) electrons. The van der Waals surface area contributed by atoms with Crippen molar-refractivity contribution < 1.29 is 20.1 Å². The van der Waals surface area contributed by atoms with E-state index < -0.39 is 23.1 Å². The van der Waals surface area contributed by atoms with E-state index in [-0.39, 0.29) is 0 Å². The maximum atomic E-state index is 11.2. The molecule has 0 aliphatic heterocycles. The highest BCUT2D eigenvalue weighted by atomic mass is 16.4. The normalized spacial score (nSPS) is 37.7. The van der Waals surface area contributed by atoms with E-state index in [1.54, 1.807) is 25.2 Å². The molecule has 3 N–H and O–H groups in total. The van der Waals surface area contributed by atoms with Crippen LogP contribution in [0.5, 0.6) is 0 Å². The van der Waals surface area contributed by atoms with Gasteiger partial charge in [-0.25, -0.2) is 4.79 Å². The van der Waals surface area contributed by atoms with Crippen LogP contribution in [0, 0.1) is 11.3 Å². The minimum absolute atomic E-state index is 0.397. The van der Waals surface area contributed by atoms with Gasteiger partial charge < -0.3 is 15.3 Å². The van der Waals surface area contributed by atoms with Crippen LogP contribution in [0.3, 0.4) is 0 Å². The molecule has 0 bridgehead atoms. The van der Waals surface area contributed by atoms with Crippen LogP contribution in [0.25, 0.3) is 0 Å². The van der Waals surface area contributed by atoms with Gasteiger partial charge in [-0.2, -0.15) is 0 Å². The Hall–Kier alpha value is -1.39. The van der Waals surface area contributed by atoms with E-state index in [4.69, 9.17) is 5.11 Å². The van der Waals surface area contributed by atoms with Crippen molar-refractivity contribution in [2.24, 2.45) is 11.3 Å². The van der Waals surface area contributed by atoms with Gasteiger partial charge in [-0.15, -0.1) is 0 Å². The van der Waals surface area contributed by atoms with E-state index in [2.05, 4.69) is 0 Å². The second kappa shape index (κ2) is 5.43. The van der Waals surface area contributed by atoms with Crippen molar-refractivity contribution in [3.05, 3.63) is 35.5 Å². The first kappa shape index (κ1) is 16.0. The third-order valence-corrected chi connectivity index (χ3v) is 4.96. The summed E-state index contributed by atoms with van der Waals surface area (Å²) in [5.74, 6) is -0.602. The second-order valence-electron chi connectivity index (χ2n) is 6.64. The lowest BCUT2D eigenvalue weighted by Gasteiger charge is -2.49. The van der Waals surface area contributed by atoms with E-state index in [0.717, 1.165) is 24.5 Å². The van der Waals surface area contributed by atoms with Gasteiger partial charge in [0.1, 0.15) is 5.60 Å². The van der Waals surface area contributed by atoms with Crippen molar-refractivity contribution in [1.82, 2.24) is 0 Å². The van der Waals surface area contributed by atoms with Crippen LogP contribution in [-0.2, 0) is 4.79 Å². The summed E-state index contributed by atoms with van der Waals surface area (Å²) >= 11 is 0. The number of carboxylic acid groups (broad SMARTS) is 1. The predicted molar refractivity (Wildman–Crippen MR) is 80.7 cm³/mol. The van der Waals surface area contributed by atoms with Gasteiger partial charge in [0.2, 0.25) is 0 Å². The number of hydrogen-bond acceptors (Lipinski definition) is 3. The number of allylic oxidation sites excluding steroid dienone is 2. The van der Waals surface area contributed by atoms with Crippen molar-refractivity contribution in [3.63, 3.8) is 0 Å². The largest absolute Gasteiger partial charge is 0.478 e. The maximum Gasteiger partial charge on any atom is 0.328 e. The molecule has 0 aromatic carbocycles. The fourth-order valence-corrected chi connectivity index (χ4v) is 3.53. The molecule has 0 saturated heterocycles. The van der Waals surface area contributed by atoms with Crippen LogP contribution in [0.4, 0.5) is 0 Å². The Balaban J connectivity index is 2.37. The zero-order chi connectivity index (χ0) is 15.8. The van der Waals surface area contributed by atoms with Gasteiger partial charge in [-0.3, -0.25) is 0 Å². The summed E-state index contributed by atoms with van der Waals surface area (Å²) in [6.45, 7) is 5.54. The lowest BCUT2D eigenvalue weighted by molar-refractivity contribution is -0.131. The third kappa shape index (κ3) is 2.97. The summed E-state index contributed by atoms with van der Waals surface area (Å²) in [4.78, 5) is 10.7. The molecule has 21 heavy (non-hydrogen) atoms. The van der Waals surface area contributed by atoms with Crippen molar-refractivity contribution in [2.45, 2.75) is 51.7 Å². The maximum absolute atomic E-state index is 11.2. The molecule has 2 aliphatic rings. The van der Waals surface area contributed by atoms with Crippen LogP contribution in [0.15, 0.2) is 35.5 Å². The minimum atomic E-state index is -1.14. The molecule has 1 fully saturated rings. The lowest BCUT2D eigenvalue weighted by Crippen LogP contribution is -2.52.